The number of aliphatic hydroxyl groups excluding tert-OH is 3. The molecule has 0 aromatic heterocycles. The number of fused-ring (bicyclic) bond motifs is 1. The first-order valence-electron chi connectivity index (χ1n) is 9.76. The third-order valence-electron chi connectivity index (χ3n) is 6.46. The van der Waals surface area contributed by atoms with Crippen LogP contribution in [0, 0.1) is 23.7 Å². The molecule has 3 N–H and O–H groups in total. The number of carbonyl (C=O) groups is 1. The zero-order valence-electron chi connectivity index (χ0n) is 16.9. The summed E-state index contributed by atoms with van der Waals surface area (Å²) in [5.74, 6) is -0.988. The van der Waals surface area contributed by atoms with Crippen LogP contribution in [0.5, 0.6) is 0 Å². The van der Waals surface area contributed by atoms with Crippen molar-refractivity contribution in [3.63, 3.8) is 0 Å². The summed E-state index contributed by atoms with van der Waals surface area (Å²) in [5, 5.41) is 32.1. The number of allylic oxidation sites excluding steroid dienone is 1. The molecule has 1 saturated carbocycles. The number of hydrogen-bond donors (Lipinski definition) is 3. The molecule has 0 radical (unpaired) electrons. The Kier molecular flexibility index (Phi) is 7.06. The number of rotatable bonds is 6. The maximum absolute atomic E-state index is 11.6. The van der Waals surface area contributed by atoms with E-state index in [0.717, 1.165) is 17.6 Å². The van der Waals surface area contributed by atoms with Gasteiger partial charge in [-0.1, -0.05) is 37.3 Å². The molecule has 1 fully saturated rings. The Balaban J connectivity index is 2.30. The van der Waals surface area contributed by atoms with Gasteiger partial charge in [0.15, 0.2) is 0 Å². The average molecular weight is 379 g/mol. The summed E-state index contributed by atoms with van der Waals surface area (Å²) in [5.41, 5.74) is 2.49. The van der Waals surface area contributed by atoms with Gasteiger partial charge in [-0.25, -0.2) is 0 Å². The number of hydrogen-bond acceptors (Lipinski definition) is 5. The average Bonchev–Trinajstić information content (AvgIpc) is 2.93. The minimum Gasteiger partial charge on any atom is -0.462 e. The molecule has 0 spiro atoms. The van der Waals surface area contributed by atoms with Gasteiger partial charge in [-0.2, -0.15) is 0 Å². The predicted molar refractivity (Wildman–Crippen MR) is 105 cm³/mol. The van der Waals surface area contributed by atoms with Crippen molar-refractivity contribution in [1.29, 1.82) is 0 Å². The van der Waals surface area contributed by atoms with Crippen LogP contribution in [0.25, 0.3) is 0 Å². The Labute approximate surface area is 162 Å². The van der Waals surface area contributed by atoms with E-state index in [1.807, 2.05) is 13.8 Å². The summed E-state index contributed by atoms with van der Waals surface area (Å²) in [7, 11) is 0. The Morgan fingerprint density at radius 1 is 1.37 bits per heavy atom. The normalized spacial score (nSPS) is 34.1. The lowest BCUT2D eigenvalue weighted by atomic mass is 9.75. The quantitative estimate of drug-likeness (QED) is 0.489. The van der Waals surface area contributed by atoms with E-state index in [4.69, 9.17) is 4.74 Å². The van der Waals surface area contributed by atoms with Crippen molar-refractivity contribution >= 4 is 5.97 Å². The molecular weight excluding hydrogens is 344 g/mol. The van der Waals surface area contributed by atoms with Crippen LogP contribution in [0.15, 0.2) is 36.0 Å². The molecule has 27 heavy (non-hydrogen) atoms. The van der Waals surface area contributed by atoms with Gasteiger partial charge in [-0.15, -0.1) is 0 Å². The second kappa shape index (κ2) is 8.72. The van der Waals surface area contributed by atoms with Crippen LogP contribution < -0.4 is 0 Å². The highest BCUT2D eigenvalue weighted by Crippen LogP contribution is 2.47. The third-order valence-corrected chi connectivity index (χ3v) is 6.46. The fraction of sp³-hybridized carbons (Fsp3) is 0.682. The second-order valence-electron chi connectivity index (χ2n) is 8.40. The largest absolute Gasteiger partial charge is 0.462 e. The summed E-state index contributed by atoms with van der Waals surface area (Å²) in [4.78, 5) is 11.6. The SMILES string of the molecule is C=C(C)[C@@H](O)C[C@@H](OC(C)=O)[C@@H](C)[C@@H]1C[C@@H](O)C(=C)[C@@H]2CC=C(C)[C@H]2[C@@H]1O. The molecule has 0 aromatic carbocycles. The highest BCUT2D eigenvalue weighted by atomic mass is 16.5. The minimum absolute atomic E-state index is 0.0420. The van der Waals surface area contributed by atoms with Gasteiger partial charge in [0.25, 0.3) is 0 Å². The first kappa shape index (κ1) is 21.9. The van der Waals surface area contributed by atoms with Crippen LogP contribution >= 0.6 is 0 Å². The summed E-state index contributed by atoms with van der Waals surface area (Å²) in [6, 6.07) is 0. The molecule has 5 heteroatoms. The Morgan fingerprint density at radius 3 is 2.56 bits per heavy atom. The summed E-state index contributed by atoms with van der Waals surface area (Å²) in [6.07, 6.45) is 0.742. The van der Waals surface area contributed by atoms with E-state index in [1.165, 1.54) is 6.92 Å². The lowest BCUT2D eigenvalue weighted by Crippen LogP contribution is -2.41. The van der Waals surface area contributed by atoms with Gasteiger partial charge in [0.05, 0.1) is 18.3 Å². The standard InChI is InChI=1S/C22H34O5/c1-11(2)18(24)10-20(27-15(6)23)14(5)17-9-19(25)13(4)16-8-7-12(3)21(16)22(17)26/h7,14,16-22,24-26H,1,4,8-10H2,2-3,5-6H3/t14-,16-,17-,18-,19+,20+,21+,22+/m0/s1. The Hall–Kier alpha value is -1.43. The highest BCUT2D eigenvalue weighted by molar-refractivity contribution is 5.66. The molecule has 0 amide bonds. The highest BCUT2D eigenvalue weighted by Gasteiger charge is 2.46. The fourth-order valence-corrected chi connectivity index (χ4v) is 4.67. The third kappa shape index (κ3) is 4.71. The summed E-state index contributed by atoms with van der Waals surface area (Å²) >= 11 is 0. The van der Waals surface area contributed by atoms with Crippen LogP contribution in [0.2, 0.25) is 0 Å². The van der Waals surface area contributed by atoms with Crippen LogP contribution in [0.4, 0.5) is 0 Å². The van der Waals surface area contributed by atoms with E-state index in [-0.39, 0.29) is 30.1 Å². The Bertz CT molecular complexity index is 622. The molecule has 0 aromatic rings. The number of aliphatic hydroxyl groups is 3. The van der Waals surface area contributed by atoms with Gasteiger partial charge in [0.1, 0.15) is 6.10 Å². The van der Waals surface area contributed by atoms with Crippen molar-refractivity contribution in [2.45, 2.75) is 71.4 Å². The maximum Gasteiger partial charge on any atom is 0.302 e. The lowest BCUT2D eigenvalue weighted by molar-refractivity contribution is -0.153. The molecule has 152 valence electrons. The molecule has 0 saturated heterocycles. The minimum atomic E-state index is -0.791. The van der Waals surface area contributed by atoms with E-state index >= 15 is 0 Å². The number of carbonyl (C=O) groups excluding carboxylic acids is 1. The molecule has 0 bridgehead atoms. The monoisotopic (exact) mass is 378 g/mol. The Morgan fingerprint density at radius 2 is 2.00 bits per heavy atom. The first-order chi connectivity index (χ1) is 12.5. The van der Waals surface area contributed by atoms with Gasteiger partial charge in [0, 0.05) is 19.3 Å². The van der Waals surface area contributed by atoms with Gasteiger partial charge in [-0.3, -0.25) is 4.79 Å². The van der Waals surface area contributed by atoms with Gasteiger partial charge in [-0.05, 0) is 50.0 Å². The zero-order chi connectivity index (χ0) is 20.5. The molecule has 0 unspecified atom stereocenters. The molecular formula is C22H34O5. The molecule has 8 atom stereocenters. The molecule has 2 aliphatic carbocycles. The van der Waals surface area contributed by atoms with E-state index < -0.39 is 30.4 Å². The second-order valence-corrected chi connectivity index (χ2v) is 8.40. The van der Waals surface area contributed by atoms with Crippen LogP contribution in [-0.4, -0.2) is 45.7 Å². The molecule has 5 nitrogen and oxygen atoms in total. The van der Waals surface area contributed by atoms with Crippen LogP contribution in [-0.2, 0) is 9.53 Å². The van der Waals surface area contributed by atoms with E-state index in [9.17, 15) is 20.1 Å². The van der Waals surface area contributed by atoms with Gasteiger partial charge >= 0.3 is 5.97 Å². The van der Waals surface area contributed by atoms with E-state index in [0.29, 0.717) is 12.0 Å². The van der Waals surface area contributed by atoms with Crippen LogP contribution in [0.1, 0.15) is 47.0 Å². The predicted octanol–water partition coefficient (Wildman–Crippen LogP) is 2.76. The van der Waals surface area contributed by atoms with Gasteiger partial charge in [0.2, 0.25) is 0 Å². The van der Waals surface area contributed by atoms with Crippen molar-refractivity contribution in [2.24, 2.45) is 23.7 Å². The van der Waals surface area contributed by atoms with Gasteiger partial charge < -0.3 is 20.1 Å². The molecule has 0 heterocycles. The number of ether oxygens (including phenoxy) is 1. The lowest BCUT2D eigenvalue weighted by Gasteiger charge is -2.36. The molecule has 2 aliphatic rings. The fourth-order valence-electron chi connectivity index (χ4n) is 4.67. The van der Waals surface area contributed by atoms with Crippen molar-refractivity contribution in [3.05, 3.63) is 36.0 Å². The van der Waals surface area contributed by atoms with Crippen molar-refractivity contribution in [1.82, 2.24) is 0 Å². The van der Waals surface area contributed by atoms with E-state index in [1.54, 1.807) is 6.92 Å². The summed E-state index contributed by atoms with van der Waals surface area (Å²) in [6.45, 7) is 14.8. The van der Waals surface area contributed by atoms with Crippen molar-refractivity contribution < 1.29 is 24.9 Å². The summed E-state index contributed by atoms with van der Waals surface area (Å²) < 4.78 is 5.51. The smallest absolute Gasteiger partial charge is 0.302 e. The van der Waals surface area contributed by atoms with E-state index in [2.05, 4.69) is 19.2 Å². The first-order valence-corrected chi connectivity index (χ1v) is 9.76. The topological polar surface area (TPSA) is 87.0 Å². The van der Waals surface area contributed by atoms with Crippen molar-refractivity contribution in [3.8, 4) is 0 Å². The molecule has 0 aliphatic heterocycles. The zero-order valence-corrected chi connectivity index (χ0v) is 16.9. The van der Waals surface area contributed by atoms with Crippen molar-refractivity contribution in [2.75, 3.05) is 0 Å². The van der Waals surface area contributed by atoms with Crippen LogP contribution in [0.3, 0.4) is 0 Å². The maximum atomic E-state index is 11.6. The number of esters is 1. The molecule has 2 rings (SSSR count).